The molecule has 1 saturated heterocycles. The van der Waals surface area contributed by atoms with Gasteiger partial charge in [0.25, 0.3) is 0 Å². The predicted molar refractivity (Wildman–Crippen MR) is 108 cm³/mol. The van der Waals surface area contributed by atoms with Crippen molar-refractivity contribution >= 4 is 11.8 Å². The van der Waals surface area contributed by atoms with Gasteiger partial charge in [0.15, 0.2) is 5.82 Å². The fraction of sp³-hybridized carbons (Fsp3) is 0.381. The monoisotopic (exact) mass is 375 g/mol. The molecule has 0 spiro atoms. The number of hydrogen-bond acceptors (Lipinski definition) is 7. The summed E-state index contributed by atoms with van der Waals surface area (Å²) in [6.45, 7) is 6.92. The molecule has 1 fully saturated rings. The first-order chi connectivity index (χ1) is 13.7. The van der Waals surface area contributed by atoms with Crippen LogP contribution in [0.5, 0.6) is 0 Å². The van der Waals surface area contributed by atoms with Crippen molar-refractivity contribution in [3.8, 4) is 0 Å². The summed E-state index contributed by atoms with van der Waals surface area (Å²) in [7, 11) is 0. The Labute approximate surface area is 165 Å². The van der Waals surface area contributed by atoms with Crippen molar-refractivity contribution in [1.82, 2.24) is 29.8 Å². The molecule has 1 atom stereocenters. The molecule has 0 aliphatic carbocycles. The number of anilines is 2. The van der Waals surface area contributed by atoms with E-state index < -0.39 is 0 Å². The van der Waals surface area contributed by atoms with E-state index >= 15 is 0 Å². The van der Waals surface area contributed by atoms with Gasteiger partial charge in [-0.1, -0.05) is 6.07 Å². The van der Waals surface area contributed by atoms with Gasteiger partial charge in [0, 0.05) is 49.0 Å². The number of aromatic nitrogens is 5. The molecular weight excluding hydrogens is 350 g/mol. The first-order valence-electron chi connectivity index (χ1n) is 9.68. The van der Waals surface area contributed by atoms with Gasteiger partial charge in [-0.15, -0.1) is 0 Å². The third-order valence-corrected chi connectivity index (χ3v) is 4.93. The van der Waals surface area contributed by atoms with E-state index in [1.54, 1.807) is 6.20 Å². The van der Waals surface area contributed by atoms with Crippen molar-refractivity contribution in [1.29, 1.82) is 0 Å². The molecule has 1 unspecified atom stereocenters. The lowest BCUT2D eigenvalue weighted by Crippen LogP contribution is -2.34. The summed E-state index contributed by atoms with van der Waals surface area (Å²) in [5.74, 6) is 1.62. The van der Waals surface area contributed by atoms with Crippen molar-refractivity contribution in [2.75, 3.05) is 18.4 Å². The van der Waals surface area contributed by atoms with Crippen LogP contribution in [0.4, 0.5) is 11.8 Å². The van der Waals surface area contributed by atoms with Crippen molar-refractivity contribution < 1.29 is 0 Å². The van der Waals surface area contributed by atoms with Crippen molar-refractivity contribution in [3.05, 3.63) is 65.6 Å². The Bertz CT molecular complexity index is 909. The lowest BCUT2D eigenvalue weighted by atomic mass is 9.94. The molecule has 0 radical (unpaired) electrons. The van der Waals surface area contributed by atoms with Crippen molar-refractivity contribution in [2.45, 2.75) is 39.2 Å². The Hall–Kier alpha value is -2.93. The quantitative estimate of drug-likeness (QED) is 0.732. The standard InChI is InChI=1S/C21H25N7/c1-15-9-16(2)25-21(24-15)27-20-12-23-11-19(26-20)18-6-4-8-28(14-18)13-17-5-3-7-22-10-17/h3,5,7,9-12,18H,4,6,8,13-14H2,1-2H3,(H,24,25,26,27). The van der Waals surface area contributed by atoms with E-state index in [2.05, 4.69) is 36.2 Å². The number of rotatable bonds is 5. The highest BCUT2D eigenvalue weighted by molar-refractivity contribution is 5.46. The first-order valence-corrected chi connectivity index (χ1v) is 9.68. The van der Waals surface area contributed by atoms with E-state index in [1.165, 1.54) is 5.56 Å². The summed E-state index contributed by atoms with van der Waals surface area (Å²) in [5, 5.41) is 3.20. The second kappa shape index (κ2) is 8.39. The van der Waals surface area contributed by atoms with E-state index in [0.29, 0.717) is 17.7 Å². The van der Waals surface area contributed by atoms with Crippen LogP contribution in [0.25, 0.3) is 0 Å². The van der Waals surface area contributed by atoms with Gasteiger partial charge in [-0.25, -0.2) is 15.0 Å². The van der Waals surface area contributed by atoms with Gasteiger partial charge >= 0.3 is 0 Å². The molecule has 1 aliphatic heterocycles. The van der Waals surface area contributed by atoms with Crippen LogP contribution >= 0.6 is 0 Å². The van der Waals surface area contributed by atoms with Crippen LogP contribution in [0.3, 0.4) is 0 Å². The highest BCUT2D eigenvalue weighted by atomic mass is 15.2. The normalized spacial score (nSPS) is 17.4. The lowest BCUT2D eigenvalue weighted by Gasteiger charge is -2.32. The molecule has 4 rings (SSSR count). The fourth-order valence-corrected chi connectivity index (χ4v) is 3.72. The maximum Gasteiger partial charge on any atom is 0.228 e. The summed E-state index contributed by atoms with van der Waals surface area (Å²) >= 11 is 0. The van der Waals surface area contributed by atoms with E-state index in [1.807, 2.05) is 44.6 Å². The number of pyridine rings is 1. The van der Waals surface area contributed by atoms with Gasteiger partial charge in [0.1, 0.15) is 0 Å². The molecule has 3 aromatic heterocycles. The van der Waals surface area contributed by atoms with Crippen molar-refractivity contribution in [2.24, 2.45) is 0 Å². The van der Waals surface area contributed by atoms with Crippen LogP contribution in [0, 0.1) is 13.8 Å². The second-order valence-corrected chi connectivity index (χ2v) is 7.36. The number of likely N-dealkylation sites (tertiary alicyclic amines) is 1. The Balaban J connectivity index is 1.46. The average molecular weight is 375 g/mol. The SMILES string of the molecule is Cc1cc(C)nc(Nc2cncc(C3CCCN(Cc4cccnc4)C3)n2)n1. The topological polar surface area (TPSA) is 79.7 Å². The smallest absolute Gasteiger partial charge is 0.228 e. The number of aryl methyl sites for hydroxylation is 2. The average Bonchev–Trinajstić information content (AvgIpc) is 2.68. The van der Waals surface area contributed by atoms with Crippen LogP contribution < -0.4 is 5.32 Å². The maximum atomic E-state index is 4.80. The molecule has 4 heterocycles. The van der Waals surface area contributed by atoms with E-state index in [0.717, 1.165) is 49.6 Å². The van der Waals surface area contributed by atoms with Gasteiger partial charge in [0.2, 0.25) is 5.95 Å². The lowest BCUT2D eigenvalue weighted by molar-refractivity contribution is 0.198. The molecule has 28 heavy (non-hydrogen) atoms. The summed E-state index contributed by atoms with van der Waals surface area (Å²) < 4.78 is 0. The number of nitrogens with zero attached hydrogens (tertiary/aromatic N) is 6. The minimum atomic E-state index is 0.375. The molecule has 0 saturated carbocycles. The summed E-state index contributed by atoms with van der Waals surface area (Å²) in [6, 6.07) is 6.07. The number of piperidine rings is 1. The largest absolute Gasteiger partial charge is 0.307 e. The second-order valence-electron chi connectivity index (χ2n) is 7.36. The Morgan fingerprint density at radius 2 is 1.93 bits per heavy atom. The third kappa shape index (κ3) is 4.67. The zero-order valence-electron chi connectivity index (χ0n) is 16.3. The van der Waals surface area contributed by atoms with Gasteiger partial charge in [-0.2, -0.15) is 0 Å². The van der Waals surface area contributed by atoms with Gasteiger partial charge < -0.3 is 5.32 Å². The fourth-order valence-electron chi connectivity index (χ4n) is 3.72. The predicted octanol–water partition coefficient (Wildman–Crippen LogP) is 3.40. The van der Waals surface area contributed by atoms with Crippen molar-refractivity contribution in [3.63, 3.8) is 0 Å². The Morgan fingerprint density at radius 3 is 2.71 bits per heavy atom. The van der Waals surface area contributed by atoms with Crippen LogP contribution in [0.1, 0.15) is 41.4 Å². The highest BCUT2D eigenvalue weighted by Crippen LogP contribution is 2.27. The molecule has 0 aromatic carbocycles. The minimum absolute atomic E-state index is 0.375. The van der Waals surface area contributed by atoms with Crippen LogP contribution in [0.15, 0.2) is 43.0 Å². The first kappa shape index (κ1) is 18.4. The van der Waals surface area contributed by atoms with E-state index in [9.17, 15) is 0 Å². The number of hydrogen-bond donors (Lipinski definition) is 1. The Morgan fingerprint density at radius 1 is 1.07 bits per heavy atom. The van der Waals surface area contributed by atoms with E-state index in [-0.39, 0.29) is 0 Å². The summed E-state index contributed by atoms with van der Waals surface area (Å²) in [5.41, 5.74) is 4.12. The molecule has 0 amide bonds. The molecule has 7 nitrogen and oxygen atoms in total. The summed E-state index contributed by atoms with van der Waals surface area (Å²) in [4.78, 5) is 24.7. The zero-order valence-corrected chi connectivity index (χ0v) is 16.3. The van der Waals surface area contributed by atoms with Gasteiger partial charge in [-0.05, 0) is 50.9 Å². The van der Waals surface area contributed by atoms with Gasteiger partial charge in [-0.3, -0.25) is 14.9 Å². The molecule has 1 aliphatic rings. The van der Waals surface area contributed by atoms with Crippen LogP contribution in [-0.2, 0) is 6.54 Å². The molecule has 7 heteroatoms. The van der Waals surface area contributed by atoms with Crippen LogP contribution in [-0.4, -0.2) is 42.9 Å². The molecule has 1 N–H and O–H groups in total. The minimum Gasteiger partial charge on any atom is -0.307 e. The van der Waals surface area contributed by atoms with E-state index in [4.69, 9.17) is 4.98 Å². The zero-order chi connectivity index (χ0) is 19.3. The van der Waals surface area contributed by atoms with Crippen LogP contribution in [0.2, 0.25) is 0 Å². The molecule has 144 valence electrons. The molecular formula is C21H25N7. The Kier molecular flexibility index (Phi) is 5.53. The molecule has 3 aromatic rings. The van der Waals surface area contributed by atoms with Gasteiger partial charge in [0.05, 0.1) is 11.9 Å². The number of nitrogens with one attached hydrogen (secondary N) is 1. The highest BCUT2D eigenvalue weighted by Gasteiger charge is 2.23. The summed E-state index contributed by atoms with van der Waals surface area (Å²) in [6.07, 6.45) is 9.65. The maximum absolute atomic E-state index is 4.80. The third-order valence-electron chi connectivity index (χ3n) is 4.93. The molecule has 0 bridgehead atoms.